The lowest BCUT2D eigenvalue weighted by atomic mass is 10.0. The van der Waals surface area contributed by atoms with Crippen molar-refractivity contribution in [2.24, 2.45) is 0 Å². The Morgan fingerprint density at radius 1 is 1.03 bits per heavy atom. The summed E-state index contributed by atoms with van der Waals surface area (Å²) in [5.41, 5.74) is 2.68. The van der Waals surface area contributed by atoms with E-state index in [4.69, 9.17) is 4.74 Å². The number of carbonyl (C=O) groups is 2. The van der Waals surface area contributed by atoms with Crippen LogP contribution in [0.4, 0.5) is 5.69 Å². The SMILES string of the molecule is Cc1ccc(C(=O)COC(=O)c2cc(-c3ccccc3)nc3ccc(Br)cc23)cc1[N+](=O)[O-]. The minimum absolute atomic E-state index is 0.104. The van der Waals surface area contributed by atoms with Gasteiger partial charge in [-0.05, 0) is 31.2 Å². The number of pyridine rings is 1. The molecular weight excluding hydrogens is 488 g/mol. The van der Waals surface area contributed by atoms with Crippen LogP contribution < -0.4 is 0 Å². The van der Waals surface area contributed by atoms with E-state index in [2.05, 4.69) is 20.9 Å². The predicted molar refractivity (Wildman–Crippen MR) is 127 cm³/mol. The second kappa shape index (κ2) is 9.30. The molecule has 0 spiro atoms. The van der Waals surface area contributed by atoms with E-state index in [9.17, 15) is 19.7 Å². The first-order valence-electron chi connectivity index (χ1n) is 9.94. The molecule has 0 saturated carbocycles. The van der Waals surface area contributed by atoms with Crippen molar-refractivity contribution in [1.82, 2.24) is 4.98 Å². The van der Waals surface area contributed by atoms with Crippen LogP contribution >= 0.6 is 15.9 Å². The topological polar surface area (TPSA) is 99.4 Å². The molecule has 1 aromatic heterocycles. The summed E-state index contributed by atoms with van der Waals surface area (Å²) in [6.07, 6.45) is 0. The van der Waals surface area contributed by atoms with E-state index in [1.54, 1.807) is 25.1 Å². The van der Waals surface area contributed by atoms with Crippen LogP contribution in [0.5, 0.6) is 0 Å². The summed E-state index contributed by atoms with van der Waals surface area (Å²) in [5.74, 6) is -1.22. The lowest BCUT2D eigenvalue weighted by Crippen LogP contribution is -2.15. The average molecular weight is 505 g/mol. The molecule has 0 aliphatic carbocycles. The third-order valence-corrected chi connectivity index (χ3v) is 5.62. The lowest BCUT2D eigenvalue weighted by molar-refractivity contribution is -0.385. The van der Waals surface area contributed by atoms with Crippen molar-refractivity contribution in [3.05, 3.63) is 104 Å². The second-order valence-corrected chi connectivity index (χ2v) is 8.26. The zero-order valence-corrected chi connectivity index (χ0v) is 19.0. The Labute approximate surface area is 197 Å². The van der Waals surface area contributed by atoms with E-state index in [1.807, 2.05) is 36.4 Å². The Bertz CT molecular complexity index is 1400. The van der Waals surface area contributed by atoms with Gasteiger partial charge in [-0.15, -0.1) is 0 Å². The molecule has 4 rings (SSSR count). The molecule has 0 radical (unpaired) electrons. The van der Waals surface area contributed by atoms with Crippen molar-refractivity contribution >= 4 is 44.3 Å². The highest BCUT2D eigenvalue weighted by atomic mass is 79.9. The molecule has 0 fully saturated rings. The summed E-state index contributed by atoms with van der Waals surface area (Å²) in [5, 5.41) is 11.7. The van der Waals surface area contributed by atoms with Gasteiger partial charge in [0.25, 0.3) is 5.69 Å². The maximum atomic E-state index is 13.0. The van der Waals surface area contributed by atoms with Gasteiger partial charge in [0.15, 0.2) is 6.61 Å². The molecule has 8 heteroatoms. The second-order valence-electron chi connectivity index (χ2n) is 7.34. The number of aryl methyl sites for hydroxylation is 1. The summed E-state index contributed by atoms with van der Waals surface area (Å²) in [6, 6.07) is 20.6. The molecule has 1 heterocycles. The van der Waals surface area contributed by atoms with Gasteiger partial charge in [-0.1, -0.05) is 58.4 Å². The zero-order chi connectivity index (χ0) is 23.5. The van der Waals surface area contributed by atoms with Gasteiger partial charge in [0.2, 0.25) is 5.78 Å². The number of esters is 1. The van der Waals surface area contributed by atoms with Crippen molar-refractivity contribution in [2.45, 2.75) is 6.92 Å². The molecule has 0 saturated heterocycles. The third-order valence-electron chi connectivity index (χ3n) is 5.12. The van der Waals surface area contributed by atoms with Crippen LogP contribution in [-0.2, 0) is 4.74 Å². The fourth-order valence-corrected chi connectivity index (χ4v) is 3.76. The maximum Gasteiger partial charge on any atom is 0.339 e. The monoisotopic (exact) mass is 504 g/mol. The number of hydrogen-bond acceptors (Lipinski definition) is 6. The van der Waals surface area contributed by atoms with Crippen molar-refractivity contribution < 1.29 is 19.2 Å². The number of benzene rings is 3. The Morgan fingerprint density at radius 2 is 1.79 bits per heavy atom. The number of carbonyl (C=O) groups excluding carboxylic acids is 2. The summed E-state index contributed by atoms with van der Waals surface area (Å²) in [7, 11) is 0. The van der Waals surface area contributed by atoms with Crippen LogP contribution in [0, 0.1) is 17.0 Å². The van der Waals surface area contributed by atoms with Gasteiger partial charge in [-0.2, -0.15) is 0 Å². The number of nitrogens with zero attached hydrogens (tertiary/aromatic N) is 2. The normalized spacial score (nSPS) is 10.7. The summed E-state index contributed by atoms with van der Waals surface area (Å²) < 4.78 is 6.08. The first-order chi connectivity index (χ1) is 15.8. The van der Waals surface area contributed by atoms with E-state index in [0.717, 1.165) is 10.0 Å². The van der Waals surface area contributed by atoms with Crippen LogP contribution in [-0.4, -0.2) is 28.3 Å². The number of ketones is 1. The first kappa shape index (κ1) is 22.3. The van der Waals surface area contributed by atoms with Gasteiger partial charge in [-0.3, -0.25) is 14.9 Å². The number of ether oxygens (including phenoxy) is 1. The van der Waals surface area contributed by atoms with E-state index in [0.29, 0.717) is 22.2 Å². The number of fused-ring (bicyclic) bond motifs is 1. The summed E-state index contributed by atoms with van der Waals surface area (Å²) in [4.78, 5) is 40.8. The molecule has 7 nitrogen and oxygen atoms in total. The number of aromatic nitrogens is 1. The molecule has 164 valence electrons. The molecule has 0 bridgehead atoms. The van der Waals surface area contributed by atoms with E-state index in [-0.39, 0.29) is 16.8 Å². The molecule has 0 N–H and O–H groups in total. The highest BCUT2D eigenvalue weighted by Gasteiger charge is 2.19. The van der Waals surface area contributed by atoms with Gasteiger partial charge < -0.3 is 4.74 Å². The van der Waals surface area contributed by atoms with Crippen LogP contribution in [0.1, 0.15) is 26.3 Å². The number of nitro benzene ring substituents is 1. The molecule has 4 aromatic rings. The third kappa shape index (κ3) is 4.80. The van der Waals surface area contributed by atoms with Gasteiger partial charge in [0.05, 0.1) is 21.7 Å². The number of nitro groups is 1. The largest absolute Gasteiger partial charge is 0.454 e. The Balaban J connectivity index is 1.64. The van der Waals surface area contributed by atoms with Crippen LogP contribution in [0.15, 0.2) is 77.3 Å². The molecule has 0 unspecified atom stereocenters. The molecule has 0 aliphatic rings. The van der Waals surface area contributed by atoms with Gasteiger partial charge in [-0.25, -0.2) is 9.78 Å². The van der Waals surface area contributed by atoms with E-state index < -0.39 is 23.3 Å². The maximum absolute atomic E-state index is 13.0. The average Bonchev–Trinajstić information content (AvgIpc) is 2.82. The van der Waals surface area contributed by atoms with Gasteiger partial charge in [0, 0.05) is 32.6 Å². The van der Waals surface area contributed by atoms with Crippen molar-refractivity contribution in [3.63, 3.8) is 0 Å². The van der Waals surface area contributed by atoms with E-state index in [1.165, 1.54) is 18.2 Å². The molecule has 0 aliphatic heterocycles. The number of hydrogen-bond donors (Lipinski definition) is 0. The lowest BCUT2D eigenvalue weighted by Gasteiger charge is -2.11. The number of halogens is 1. The highest BCUT2D eigenvalue weighted by molar-refractivity contribution is 9.10. The molecule has 0 atom stereocenters. The Kier molecular flexibility index (Phi) is 6.28. The number of rotatable bonds is 6. The highest BCUT2D eigenvalue weighted by Crippen LogP contribution is 2.28. The van der Waals surface area contributed by atoms with Crippen LogP contribution in [0.2, 0.25) is 0 Å². The molecule has 33 heavy (non-hydrogen) atoms. The smallest absolute Gasteiger partial charge is 0.339 e. The van der Waals surface area contributed by atoms with Crippen molar-refractivity contribution in [1.29, 1.82) is 0 Å². The summed E-state index contributed by atoms with van der Waals surface area (Å²) in [6.45, 7) is 1.04. The van der Waals surface area contributed by atoms with Gasteiger partial charge >= 0.3 is 5.97 Å². The van der Waals surface area contributed by atoms with Crippen molar-refractivity contribution in [3.8, 4) is 11.3 Å². The minimum atomic E-state index is -0.687. The van der Waals surface area contributed by atoms with Crippen LogP contribution in [0.25, 0.3) is 22.2 Å². The molecule has 3 aromatic carbocycles. The van der Waals surface area contributed by atoms with E-state index >= 15 is 0 Å². The molecule has 0 amide bonds. The standard InChI is InChI=1S/C25H17BrN2O5/c1-15-7-8-17(11-23(15)28(31)32)24(29)14-33-25(30)20-13-22(16-5-3-2-4-6-16)27-21-10-9-18(26)12-19(20)21/h2-13H,14H2,1H3. The fraction of sp³-hybridized carbons (Fsp3) is 0.0800. The van der Waals surface area contributed by atoms with Crippen LogP contribution in [0.3, 0.4) is 0 Å². The first-order valence-corrected chi connectivity index (χ1v) is 10.7. The zero-order valence-electron chi connectivity index (χ0n) is 17.4. The Hall–Kier alpha value is -3.91. The predicted octanol–water partition coefficient (Wildman–Crippen LogP) is 5.92. The molecular formula is C25H17BrN2O5. The number of Topliss-reactive ketones (excluding diaryl/α,β-unsaturated/α-hetero) is 1. The Morgan fingerprint density at radius 3 is 2.52 bits per heavy atom. The fourth-order valence-electron chi connectivity index (χ4n) is 3.40. The quantitative estimate of drug-likeness (QED) is 0.140. The van der Waals surface area contributed by atoms with Gasteiger partial charge in [0.1, 0.15) is 0 Å². The minimum Gasteiger partial charge on any atom is -0.454 e. The summed E-state index contributed by atoms with van der Waals surface area (Å²) >= 11 is 3.41. The van der Waals surface area contributed by atoms with Crippen molar-refractivity contribution in [2.75, 3.05) is 6.61 Å².